The molecule has 5 heteroatoms. The Kier molecular flexibility index (Phi) is 4.02. The second-order valence-electron chi connectivity index (χ2n) is 4.65. The molecule has 0 amide bonds. The Hall–Kier alpha value is -1.78. The van der Waals surface area contributed by atoms with E-state index in [2.05, 4.69) is 10.2 Å². The minimum absolute atomic E-state index is 0.154. The van der Waals surface area contributed by atoms with Crippen LogP contribution >= 0.6 is 0 Å². The van der Waals surface area contributed by atoms with Gasteiger partial charge in [-0.05, 0) is 18.9 Å². The number of nitrogens with zero attached hydrogens (tertiary/aromatic N) is 2. The summed E-state index contributed by atoms with van der Waals surface area (Å²) in [6.07, 6.45) is 4.84. The summed E-state index contributed by atoms with van der Waals surface area (Å²) in [5.41, 5.74) is 1.90. The molecule has 2 rings (SSSR count). The summed E-state index contributed by atoms with van der Waals surface area (Å²) < 4.78 is 0. The van der Waals surface area contributed by atoms with Gasteiger partial charge in [0, 0.05) is 43.6 Å². The summed E-state index contributed by atoms with van der Waals surface area (Å²) in [5.74, 6) is 0. The fourth-order valence-corrected chi connectivity index (χ4v) is 2.36. The Morgan fingerprint density at radius 1 is 1.17 bits per heavy atom. The van der Waals surface area contributed by atoms with E-state index in [0.29, 0.717) is 0 Å². The molecule has 1 heterocycles. The van der Waals surface area contributed by atoms with Gasteiger partial charge in [-0.2, -0.15) is 0 Å². The van der Waals surface area contributed by atoms with Crippen LogP contribution in [0.25, 0.3) is 0 Å². The Labute approximate surface area is 107 Å². The molecule has 0 unspecified atom stereocenters. The highest BCUT2D eigenvalue weighted by Crippen LogP contribution is 2.28. The molecular formula is C13H19N3O2. The first-order chi connectivity index (χ1) is 8.70. The first-order valence-corrected chi connectivity index (χ1v) is 6.43. The molecule has 1 aliphatic rings. The van der Waals surface area contributed by atoms with E-state index in [9.17, 15) is 10.1 Å². The van der Waals surface area contributed by atoms with Crippen molar-refractivity contribution in [2.24, 2.45) is 0 Å². The lowest BCUT2D eigenvalue weighted by Gasteiger charge is -2.23. The van der Waals surface area contributed by atoms with E-state index in [1.807, 2.05) is 6.07 Å². The molecular weight excluding hydrogens is 230 g/mol. The number of non-ortho nitro benzene ring substituents is 1. The molecule has 1 aromatic carbocycles. The third-order valence-electron chi connectivity index (χ3n) is 3.37. The number of nitro groups is 1. The number of hydrogen-bond donors (Lipinski definition) is 1. The van der Waals surface area contributed by atoms with E-state index in [1.165, 1.54) is 12.8 Å². The van der Waals surface area contributed by atoms with E-state index >= 15 is 0 Å². The summed E-state index contributed by atoms with van der Waals surface area (Å²) in [6, 6.07) is 5.23. The molecule has 0 bridgehead atoms. The van der Waals surface area contributed by atoms with Gasteiger partial charge < -0.3 is 10.2 Å². The highest BCUT2D eigenvalue weighted by atomic mass is 16.6. The lowest BCUT2D eigenvalue weighted by Crippen LogP contribution is -2.23. The zero-order valence-electron chi connectivity index (χ0n) is 10.7. The molecule has 1 N–H and O–H groups in total. The lowest BCUT2D eigenvalue weighted by molar-refractivity contribution is -0.384. The predicted molar refractivity (Wildman–Crippen MR) is 73.3 cm³/mol. The van der Waals surface area contributed by atoms with Crippen LogP contribution in [0.1, 0.15) is 25.7 Å². The van der Waals surface area contributed by atoms with Gasteiger partial charge in [0.1, 0.15) is 0 Å². The van der Waals surface area contributed by atoms with E-state index in [-0.39, 0.29) is 10.6 Å². The van der Waals surface area contributed by atoms with Gasteiger partial charge in [0.15, 0.2) is 0 Å². The van der Waals surface area contributed by atoms with Crippen molar-refractivity contribution in [3.8, 4) is 0 Å². The maximum Gasteiger partial charge on any atom is 0.273 e. The predicted octanol–water partition coefficient (Wildman–Crippen LogP) is 3.02. The SMILES string of the molecule is CNc1cc(N2CCCCCC2)cc([N+](=O)[O-])c1. The highest BCUT2D eigenvalue weighted by Gasteiger charge is 2.15. The monoisotopic (exact) mass is 249 g/mol. The van der Waals surface area contributed by atoms with Crippen LogP contribution in [0.5, 0.6) is 0 Å². The second kappa shape index (κ2) is 5.71. The van der Waals surface area contributed by atoms with Crippen LogP contribution in [-0.4, -0.2) is 25.1 Å². The van der Waals surface area contributed by atoms with E-state index in [4.69, 9.17) is 0 Å². The Morgan fingerprint density at radius 2 is 1.83 bits per heavy atom. The molecule has 0 aliphatic carbocycles. The largest absolute Gasteiger partial charge is 0.388 e. The van der Waals surface area contributed by atoms with E-state index in [1.54, 1.807) is 19.2 Å². The van der Waals surface area contributed by atoms with Crippen LogP contribution in [0.3, 0.4) is 0 Å². The van der Waals surface area contributed by atoms with Gasteiger partial charge in [0.05, 0.1) is 4.92 Å². The van der Waals surface area contributed by atoms with E-state index < -0.39 is 0 Å². The normalized spacial score (nSPS) is 16.2. The standard InChI is InChI=1S/C13H19N3O2/c1-14-11-8-12(10-13(9-11)16(17)18)15-6-4-2-3-5-7-15/h8-10,14H,2-7H2,1H3. The fraction of sp³-hybridized carbons (Fsp3) is 0.538. The maximum absolute atomic E-state index is 10.9. The van der Waals surface area contributed by atoms with Crippen molar-refractivity contribution >= 4 is 17.1 Å². The Bertz CT molecular complexity index is 426. The van der Waals surface area contributed by atoms with Crippen molar-refractivity contribution in [2.75, 3.05) is 30.4 Å². The van der Waals surface area contributed by atoms with Crippen LogP contribution in [0.2, 0.25) is 0 Å². The molecule has 5 nitrogen and oxygen atoms in total. The van der Waals surface area contributed by atoms with Crippen LogP contribution < -0.4 is 10.2 Å². The molecule has 1 aromatic rings. The third-order valence-corrected chi connectivity index (χ3v) is 3.37. The zero-order chi connectivity index (χ0) is 13.0. The number of anilines is 2. The molecule has 98 valence electrons. The molecule has 0 spiro atoms. The van der Waals surface area contributed by atoms with Crippen molar-refractivity contribution in [1.82, 2.24) is 0 Å². The van der Waals surface area contributed by atoms with Crippen LogP contribution in [0, 0.1) is 10.1 Å². The molecule has 1 aliphatic heterocycles. The van der Waals surface area contributed by atoms with Gasteiger partial charge in [0.2, 0.25) is 0 Å². The number of rotatable bonds is 3. The smallest absolute Gasteiger partial charge is 0.273 e. The number of hydrogen-bond acceptors (Lipinski definition) is 4. The van der Waals surface area contributed by atoms with E-state index in [0.717, 1.165) is 37.3 Å². The average molecular weight is 249 g/mol. The summed E-state index contributed by atoms with van der Waals surface area (Å²) in [6.45, 7) is 1.98. The minimum atomic E-state index is -0.331. The fourth-order valence-electron chi connectivity index (χ4n) is 2.36. The maximum atomic E-state index is 10.9. The van der Waals surface area contributed by atoms with Gasteiger partial charge in [0.25, 0.3) is 5.69 Å². The van der Waals surface area contributed by atoms with Gasteiger partial charge in [-0.15, -0.1) is 0 Å². The number of benzene rings is 1. The molecule has 0 radical (unpaired) electrons. The average Bonchev–Trinajstić information content (AvgIpc) is 2.67. The second-order valence-corrected chi connectivity index (χ2v) is 4.65. The molecule has 0 saturated carbocycles. The minimum Gasteiger partial charge on any atom is -0.388 e. The summed E-state index contributed by atoms with van der Waals surface area (Å²) >= 11 is 0. The van der Waals surface area contributed by atoms with Crippen molar-refractivity contribution in [1.29, 1.82) is 0 Å². The summed E-state index contributed by atoms with van der Waals surface area (Å²) in [5, 5.41) is 13.9. The van der Waals surface area contributed by atoms with Crippen LogP contribution in [0.4, 0.5) is 17.1 Å². The number of nitrogens with one attached hydrogen (secondary N) is 1. The van der Waals surface area contributed by atoms with Crippen molar-refractivity contribution in [3.05, 3.63) is 28.3 Å². The van der Waals surface area contributed by atoms with Crippen LogP contribution in [0.15, 0.2) is 18.2 Å². The molecule has 18 heavy (non-hydrogen) atoms. The van der Waals surface area contributed by atoms with Crippen LogP contribution in [-0.2, 0) is 0 Å². The zero-order valence-corrected chi connectivity index (χ0v) is 10.7. The lowest BCUT2D eigenvalue weighted by atomic mass is 10.2. The van der Waals surface area contributed by atoms with Gasteiger partial charge >= 0.3 is 0 Å². The van der Waals surface area contributed by atoms with Crippen molar-refractivity contribution < 1.29 is 4.92 Å². The summed E-state index contributed by atoms with van der Waals surface area (Å²) in [7, 11) is 1.78. The Morgan fingerprint density at radius 3 is 2.39 bits per heavy atom. The first kappa shape index (κ1) is 12.7. The first-order valence-electron chi connectivity index (χ1n) is 6.43. The molecule has 1 fully saturated rings. The van der Waals surface area contributed by atoms with Crippen molar-refractivity contribution in [3.63, 3.8) is 0 Å². The third kappa shape index (κ3) is 2.91. The topological polar surface area (TPSA) is 58.4 Å². The molecule has 0 atom stereocenters. The van der Waals surface area contributed by atoms with Gasteiger partial charge in [-0.3, -0.25) is 10.1 Å². The van der Waals surface area contributed by atoms with Gasteiger partial charge in [-0.25, -0.2) is 0 Å². The quantitative estimate of drug-likeness (QED) is 0.660. The molecule has 1 saturated heterocycles. The molecule has 0 aromatic heterocycles. The van der Waals surface area contributed by atoms with Gasteiger partial charge in [-0.1, -0.05) is 12.8 Å². The summed E-state index contributed by atoms with van der Waals surface area (Å²) in [4.78, 5) is 12.9. The highest BCUT2D eigenvalue weighted by molar-refractivity contribution is 5.64. The number of nitro benzene ring substituents is 1. The Balaban J connectivity index is 2.29. The van der Waals surface area contributed by atoms with Crippen molar-refractivity contribution in [2.45, 2.75) is 25.7 Å².